The van der Waals surface area contributed by atoms with Crippen LogP contribution in [0, 0.1) is 23.1 Å². The molecule has 1 unspecified atom stereocenters. The Morgan fingerprint density at radius 1 is 1.47 bits per heavy atom. The number of nitriles is 1. The van der Waals surface area contributed by atoms with E-state index in [2.05, 4.69) is 11.8 Å². The van der Waals surface area contributed by atoms with Gasteiger partial charge in [-0.1, -0.05) is 13.3 Å². The van der Waals surface area contributed by atoms with Crippen molar-refractivity contribution in [3.05, 3.63) is 29.6 Å². The van der Waals surface area contributed by atoms with E-state index in [1.807, 2.05) is 6.07 Å². The summed E-state index contributed by atoms with van der Waals surface area (Å²) in [4.78, 5) is 2.18. The summed E-state index contributed by atoms with van der Waals surface area (Å²) in [5.41, 5.74) is 1.25. The highest BCUT2D eigenvalue weighted by molar-refractivity contribution is 5.52. The minimum atomic E-state index is -0.321. The Balaban J connectivity index is 2.13. The van der Waals surface area contributed by atoms with Crippen LogP contribution in [0.5, 0.6) is 0 Å². The van der Waals surface area contributed by atoms with Gasteiger partial charge in [0.1, 0.15) is 5.82 Å². The van der Waals surface area contributed by atoms with Gasteiger partial charge in [0.2, 0.25) is 0 Å². The lowest BCUT2D eigenvalue weighted by Crippen LogP contribution is -2.19. The summed E-state index contributed by atoms with van der Waals surface area (Å²) in [6.45, 7) is 4.15. The Labute approximate surface area is 102 Å². The van der Waals surface area contributed by atoms with Crippen molar-refractivity contribution in [3.63, 3.8) is 0 Å². The molecule has 1 aliphatic rings. The van der Waals surface area contributed by atoms with Crippen molar-refractivity contribution in [1.82, 2.24) is 0 Å². The van der Waals surface area contributed by atoms with Gasteiger partial charge in [0, 0.05) is 18.8 Å². The van der Waals surface area contributed by atoms with E-state index in [-0.39, 0.29) is 5.82 Å². The van der Waals surface area contributed by atoms with Gasteiger partial charge in [0.05, 0.1) is 11.6 Å². The van der Waals surface area contributed by atoms with Crippen LogP contribution in [0.2, 0.25) is 0 Å². The number of rotatable bonds is 3. The van der Waals surface area contributed by atoms with Gasteiger partial charge in [-0.25, -0.2) is 4.39 Å². The second-order valence-electron chi connectivity index (χ2n) is 4.70. The molecule has 3 heteroatoms. The predicted octanol–water partition coefficient (Wildman–Crippen LogP) is 3.32. The van der Waals surface area contributed by atoms with Crippen molar-refractivity contribution in [2.45, 2.75) is 26.2 Å². The normalized spacial score (nSPS) is 19.4. The summed E-state index contributed by atoms with van der Waals surface area (Å²) in [5.74, 6) is 0.395. The molecule has 0 aliphatic carbocycles. The van der Waals surface area contributed by atoms with Crippen molar-refractivity contribution in [3.8, 4) is 6.07 Å². The zero-order valence-electron chi connectivity index (χ0n) is 10.1. The lowest BCUT2D eigenvalue weighted by atomic mass is 10.0. The molecule has 2 rings (SSSR count). The van der Waals surface area contributed by atoms with Gasteiger partial charge < -0.3 is 4.90 Å². The molecule has 0 spiro atoms. The van der Waals surface area contributed by atoms with E-state index in [4.69, 9.17) is 5.26 Å². The lowest BCUT2D eigenvalue weighted by Gasteiger charge is -2.19. The highest BCUT2D eigenvalue weighted by atomic mass is 19.1. The van der Waals surface area contributed by atoms with E-state index < -0.39 is 0 Å². The first-order valence-corrected chi connectivity index (χ1v) is 6.18. The third-order valence-electron chi connectivity index (χ3n) is 3.36. The minimum absolute atomic E-state index is 0.321. The highest BCUT2D eigenvalue weighted by Gasteiger charge is 2.22. The van der Waals surface area contributed by atoms with Crippen LogP contribution in [-0.4, -0.2) is 13.1 Å². The van der Waals surface area contributed by atoms with E-state index in [0.717, 1.165) is 18.8 Å². The van der Waals surface area contributed by atoms with E-state index in [1.54, 1.807) is 6.07 Å². The van der Waals surface area contributed by atoms with Crippen molar-refractivity contribution in [2.24, 2.45) is 5.92 Å². The van der Waals surface area contributed by atoms with Gasteiger partial charge >= 0.3 is 0 Å². The van der Waals surface area contributed by atoms with Crippen LogP contribution in [0.1, 0.15) is 31.7 Å². The summed E-state index contributed by atoms with van der Waals surface area (Å²) in [7, 11) is 0. The van der Waals surface area contributed by atoms with E-state index in [9.17, 15) is 4.39 Å². The molecule has 1 aliphatic heterocycles. The van der Waals surface area contributed by atoms with Gasteiger partial charge in [-0.3, -0.25) is 0 Å². The number of nitrogens with zero attached hydrogens (tertiary/aromatic N) is 2. The third-order valence-corrected chi connectivity index (χ3v) is 3.36. The van der Waals surface area contributed by atoms with Gasteiger partial charge in [-0.2, -0.15) is 5.26 Å². The third kappa shape index (κ3) is 2.76. The highest BCUT2D eigenvalue weighted by Crippen LogP contribution is 2.27. The van der Waals surface area contributed by atoms with Crippen molar-refractivity contribution >= 4 is 5.69 Å². The van der Waals surface area contributed by atoms with Gasteiger partial charge in [-0.15, -0.1) is 0 Å². The molecule has 2 nitrogen and oxygen atoms in total. The fraction of sp³-hybridized carbons (Fsp3) is 0.500. The monoisotopic (exact) mass is 232 g/mol. The SMILES string of the molecule is CCCC1CCN(c2cc(F)cc(C#N)c2)C1. The largest absolute Gasteiger partial charge is 0.371 e. The molecule has 17 heavy (non-hydrogen) atoms. The maximum Gasteiger partial charge on any atom is 0.126 e. The lowest BCUT2D eigenvalue weighted by molar-refractivity contribution is 0.529. The smallest absolute Gasteiger partial charge is 0.126 e. The van der Waals surface area contributed by atoms with Crippen LogP contribution in [0.25, 0.3) is 0 Å². The molecule has 0 radical (unpaired) electrons. The molecule has 1 aromatic carbocycles. The van der Waals surface area contributed by atoms with Gasteiger partial charge in [0.25, 0.3) is 0 Å². The maximum atomic E-state index is 13.3. The Bertz CT molecular complexity index is 436. The Hall–Kier alpha value is -1.56. The predicted molar refractivity (Wildman–Crippen MR) is 66.3 cm³/mol. The molecule has 0 amide bonds. The zero-order chi connectivity index (χ0) is 12.3. The van der Waals surface area contributed by atoms with Crippen LogP contribution < -0.4 is 4.90 Å². The summed E-state index contributed by atoms with van der Waals surface area (Å²) < 4.78 is 13.3. The molecule has 1 atom stereocenters. The minimum Gasteiger partial charge on any atom is -0.371 e. The van der Waals surface area contributed by atoms with Crippen LogP contribution in [0.3, 0.4) is 0 Å². The average molecular weight is 232 g/mol. The molecule has 0 saturated carbocycles. The average Bonchev–Trinajstić information content (AvgIpc) is 2.77. The summed E-state index contributed by atoms with van der Waals surface area (Å²) in [6.07, 6.45) is 3.61. The van der Waals surface area contributed by atoms with Crippen LogP contribution >= 0.6 is 0 Å². The Kier molecular flexibility index (Phi) is 3.63. The number of halogens is 1. The topological polar surface area (TPSA) is 27.0 Å². The molecular formula is C14H17FN2. The van der Waals surface area contributed by atoms with Gasteiger partial charge in [0.15, 0.2) is 0 Å². The molecule has 0 aromatic heterocycles. The van der Waals surface area contributed by atoms with Crippen molar-refractivity contribution in [2.75, 3.05) is 18.0 Å². The molecule has 1 heterocycles. The molecule has 0 N–H and O–H groups in total. The quantitative estimate of drug-likeness (QED) is 0.799. The second-order valence-corrected chi connectivity index (χ2v) is 4.70. The first-order valence-electron chi connectivity index (χ1n) is 6.18. The summed E-state index contributed by atoms with van der Waals surface area (Å²) >= 11 is 0. The first kappa shape index (κ1) is 11.9. The number of anilines is 1. The molecule has 1 saturated heterocycles. The van der Waals surface area contributed by atoms with Crippen molar-refractivity contribution in [1.29, 1.82) is 5.26 Å². The van der Waals surface area contributed by atoms with Crippen molar-refractivity contribution < 1.29 is 4.39 Å². The maximum absolute atomic E-state index is 13.3. The first-order chi connectivity index (χ1) is 8.22. The summed E-state index contributed by atoms with van der Waals surface area (Å²) in [5, 5.41) is 8.83. The molecular weight excluding hydrogens is 215 g/mol. The molecule has 1 fully saturated rings. The Morgan fingerprint density at radius 2 is 2.29 bits per heavy atom. The Morgan fingerprint density at radius 3 is 3.00 bits per heavy atom. The van der Waals surface area contributed by atoms with Crippen LogP contribution in [-0.2, 0) is 0 Å². The van der Waals surface area contributed by atoms with Crippen LogP contribution in [0.15, 0.2) is 18.2 Å². The zero-order valence-corrected chi connectivity index (χ0v) is 10.1. The number of benzene rings is 1. The summed E-state index contributed by atoms with van der Waals surface area (Å²) in [6, 6.07) is 6.58. The molecule has 0 bridgehead atoms. The fourth-order valence-electron chi connectivity index (χ4n) is 2.53. The van der Waals surface area contributed by atoms with E-state index >= 15 is 0 Å². The van der Waals surface area contributed by atoms with E-state index in [0.29, 0.717) is 11.5 Å². The number of hydrogen-bond acceptors (Lipinski definition) is 2. The molecule has 1 aromatic rings. The van der Waals surface area contributed by atoms with E-state index in [1.165, 1.54) is 31.4 Å². The fourth-order valence-corrected chi connectivity index (χ4v) is 2.53. The second kappa shape index (κ2) is 5.18. The van der Waals surface area contributed by atoms with Crippen LogP contribution in [0.4, 0.5) is 10.1 Å². The standard InChI is InChI=1S/C14H17FN2/c1-2-3-11-4-5-17(10-11)14-7-12(9-16)6-13(15)8-14/h6-8,11H,2-5,10H2,1H3. The number of hydrogen-bond donors (Lipinski definition) is 0. The van der Waals surface area contributed by atoms with Gasteiger partial charge in [-0.05, 0) is 37.0 Å². The molecule has 90 valence electrons.